The molecule has 0 N–H and O–H groups in total. The Kier molecular flexibility index (Phi) is 5.16. The van der Waals surface area contributed by atoms with Gasteiger partial charge in [0.1, 0.15) is 0 Å². The number of rotatable bonds is 6. The van der Waals surface area contributed by atoms with Crippen molar-refractivity contribution in [2.24, 2.45) is 0 Å². The van der Waals surface area contributed by atoms with Crippen LogP contribution in [0.1, 0.15) is 0 Å². The standard InChI is InChI=1S/C9H24O3Si3/c1-9-13(3,4)11-15(7,8)12-14(5,6)10-2/h9H,1H2,2-8H3. The molecule has 0 bridgehead atoms. The normalized spacial score (nSPS) is 14.1. The first-order valence-corrected chi connectivity index (χ1v) is 13.7. The summed E-state index contributed by atoms with van der Waals surface area (Å²) in [5, 5.41) is 0. The molecule has 90 valence electrons. The van der Waals surface area contributed by atoms with E-state index < -0.39 is 25.4 Å². The first-order valence-electron chi connectivity index (χ1n) is 5.13. The van der Waals surface area contributed by atoms with Crippen molar-refractivity contribution < 1.29 is 12.7 Å². The third-order valence-corrected chi connectivity index (χ3v) is 12.0. The van der Waals surface area contributed by atoms with Gasteiger partial charge in [0.25, 0.3) is 0 Å². The Morgan fingerprint density at radius 3 is 1.67 bits per heavy atom. The third kappa shape index (κ3) is 6.44. The van der Waals surface area contributed by atoms with Gasteiger partial charge < -0.3 is 12.7 Å². The number of hydrogen-bond donors (Lipinski definition) is 0. The van der Waals surface area contributed by atoms with Gasteiger partial charge in [-0.25, -0.2) is 0 Å². The van der Waals surface area contributed by atoms with Crippen LogP contribution >= 0.6 is 0 Å². The molecular formula is C9H24O3Si3. The maximum Gasteiger partial charge on any atom is 0.322 e. The first kappa shape index (κ1) is 15.3. The fourth-order valence-electron chi connectivity index (χ4n) is 1.33. The second-order valence-corrected chi connectivity index (χ2v) is 16.3. The summed E-state index contributed by atoms with van der Waals surface area (Å²) < 4.78 is 17.5. The van der Waals surface area contributed by atoms with E-state index >= 15 is 0 Å². The molecule has 0 aromatic carbocycles. The van der Waals surface area contributed by atoms with Gasteiger partial charge in [-0.2, -0.15) is 0 Å². The lowest BCUT2D eigenvalue weighted by Crippen LogP contribution is -2.52. The summed E-state index contributed by atoms with van der Waals surface area (Å²) in [5.74, 6) is 0. The van der Waals surface area contributed by atoms with Crippen molar-refractivity contribution >= 4 is 25.4 Å². The highest BCUT2D eigenvalue weighted by Crippen LogP contribution is 2.20. The molecular weight excluding hydrogens is 240 g/mol. The summed E-state index contributed by atoms with van der Waals surface area (Å²) in [6, 6.07) is 0. The predicted molar refractivity (Wildman–Crippen MR) is 71.8 cm³/mol. The Morgan fingerprint density at radius 2 is 1.33 bits per heavy atom. The average Bonchev–Trinajstić information content (AvgIpc) is 2.00. The van der Waals surface area contributed by atoms with E-state index in [0.717, 1.165) is 0 Å². The van der Waals surface area contributed by atoms with Crippen LogP contribution in [0.2, 0.25) is 39.3 Å². The van der Waals surface area contributed by atoms with Crippen molar-refractivity contribution in [2.45, 2.75) is 39.3 Å². The van der Waals surface area contributed by atoms with Gasteiger partial charge in [0.2, 0.25) is 0 Å². The van der Waals surface area contributed by atoms with E-state index in [2.05, 4.69) is 32.8 Å². The lowest BCUT2D eigenvalue weighted by Gasteiger charge is -2.36. The van der Waals surface area contributed by atoms with Crippen LogP contribution in [0.25, 0.3) is 0 Å². The van der Waals surface area contributed by atoms with E-state index in [-0.39, 0.29) is 0 Å². The zero-order chi connectivity index (χ0) is 12.3. The van der Waals surface area contributed by atoms with E-state index in [1.54, 1.807) is 7.11 Å². The monoisotopic (exact) mass is 264 g/mol. The van der Waals surface area contributed by atoms with Crippen LogP contribution in [0.5, 0.6) is 0 Å². The summed E-state index contributed by atoms with van der Waals surface area (Å²) in [6.07, 6.45) is 0. The zero-order valence-corrected chi connectivity index (χ0v) is 14.0. The second-order valence-electron chi connectivity index (χ2n) is 5.02. The van der Waals surface area contributed by atoms with Gasteiger partial charge in [-0.05, 0) is 39.3 Å². The average molecular weight is 265 g/mol. The molecule has 0 aliphatic rings. The molecule has 0 aromatic heterocycles. The minimum Gasteiger partial charge on any atom is -0.433 e. The van der Waals surface area contributed by atoms with Crippen LogP contribution in [-0.4, -0.2) is 32.5 Å². The van der Waals surface area contributed by atoms with E-state index in [0.29, 0.717) is 0 Å². The Labute approximate surface area is 97.1 Å². The minimum absolute atomic E-state index is 1.70. The van der Waals surface area contributed by atoms with Gasteiger partial charge in [-0.15, -0.1) is 6.58 Å². The molecule has 0 radical (unpaired) electrons. The largest absolute Gasteiger partial charge is 0.433 e. The van der Waals surface area contributed by atoms with Crippen LogP contribution in [-0.2, 0) is 12.7 Å². The molecule has 0 heterocycles. The zero-order valence-electron chi connectivity index (χ0n) is 11.0. The van der Waals surface area contributed by atoms with Crippen LogP contribution in [0.15, 0.2) is 12.3 Å². The molecule has 0 saturated carbocycles. The van der Waals surface area contributed by atoms with Crippen molar-refractivity contribution in [3.63, 3.8) is 0 Å². The van der Waals surface area contributed by atoms with Gasteiger partial charge in [-0.3, -0.25) is 0 Å². The highest BCUT2D eigenvalue weighted by Gasteiger charge is 2.39. The molecule has 3 nitrogen and oxygen atoms in total. The first-order chi connectivity index (χ1) is 6.54. The second kappa shape index (κ2) is 5.07. The van der Waals surface area contributed by atoms with Crippen LogP contribution in [0.4, 0.5) is 0 Å². The van der Waals surface area contributed by atoms with Crippen LogP contribution in [0.3, 0.4) is 0 Å². The van der Waals surface area contributed by atoms with Crippen molar-refractivity contribution in [3.8, 4) is 0 Å². The van der Waals surface area contributed by atoms with E-state index in [9.17, 15) is 0 Å². The van der Waals surface area contributed by atoms with E-state index in [1.165, 1.54) is 0 Å². The predicted octanol–water partition coefficient (Wildman–Crippen LogP) is 3.00. The number of hydrogen-bond acceptors (Lipinski definition) is 3. The minimum atomic E-state index is -2.09. The van der Waals surface area contributed by atoms with Gasteiger partial charge in [0.15, 0.2) is 8.32 Å². The maximum absolute atomic E-state index is 6.10. The van der Waals surface area contributed by atoms with Crippen molar-refractivity contribution in [1.82, 2.24) is 0 Å². The molecule has 0 aliphatic carbocycles. The molecule has 0 rings (SSSR count). The van der Waals surface area contributed by atoms with Crippen LogP contribution in [0, 0.1) is 0 Å². The summed E-state index contributed by atoms with van der Waals surface area (Å²) in [6.45, 7) is 16.3. The quantitative estimate of drug-likeness (QED) is 0.690. The van der Waals surface area contributed by atoms with Gasteiger partial charge in [0, 0.05) is 7.11 Å². The van der Waals surface area contributed by atoms with Gasteiger partial charge in [-0.1, -0.05) is 5.70 Å². The smallest absolute Gasteiger partial charge is 0.322 e. The molecule has 0 atom stereocenters. The van der Waals surface area contributed by atoms with E-state index in [4.69, 9.17) is 12.7 Å². The van der Waals surface area contributed by atoms with E-state index in [1.807, 2.05) is 18.8 Å². The fraction of sp³-hybridized carbons (Fsp3) is 0.778. The third-order valence-electron chi connectivity index (χ3n) is 1.98. The SMILES string of the molecule is C=C[Si](C)(C)O[Si](C)(C)O[Si](C)(C)OC. The molecule has 15 heavy (non-hydrogen) atoms. The lowest BCUT2D eigenvalue weighted by molar-refractivity contribution is 0.280. The highest BCUT2D eigenvalue weighted by molar-refractivity contribution is 6.88. The molecule has 0 aromatic rings. The molecule has 0 amide bonds. The Balaban J connectivity index is 4.50. The van der Waals surface area contributed by atoms with Crippen LogP contribution < -0.4 is 0 Å². The molecule has 0 unspecified atom stereocenters. The molecule has 0 fully saturated rings. The van der Waals surface area contributed by atoms with Crippen molar-refractivity contribution in [1.29, 1.82) is 0 Å². The fourth-order valence-corrected chi connectivity index (χ4v) is 12.3. The summed E-state index contributed by atoms with van der Waals surface area (Å²) in [4.78, 5) is 0. The molecule has 6 heteroatoms. The maximum atomic E-state index is 6.10. The Morgan fingerprint density at radius 1 is 0.867 bits per heavy atom. The summed E-state index contributed by atoms with van der Waals surface area (Å²) >= 11 is 0. The van der Waals surface area contributed by atoms with Crippen molar-refractivity contribution in [3.05, 3.63) is 12.3 Å². The summed E-state index contributed by atoms with van der Waals surface area (Å²) in [7, 11) is -4.15. The molecule has 0 spiro atoms. The Bertz CT molecular complexity index is 227. The summed E-state index contributed by atoms with van der Waals surface area (Å²) in [5.41, 5.74) is 1.94. The van der Waals surface area contributed by atoms with Gasteiger partial charge in [0.05, 0.1) is 0 Å². The van der Waals surface area contributed by atoms with Crippen molar-refractivity contribution in [2.75, 3.05) is 7.11 Å². The topological polar surface area (TPSA) is 27.7 Å². The molecule has 0 saturated heterocycles. The molecule has 0 aliphatic heterocycles. The highest BCUT2D eigenvalue weighted by atomic mass is 28.5. The Hall–Kier alpha value is 0.271. The lowest BCUT2D eigenvalue weighted by atomic mass is 11.3. The van der Waals surface area contributed by atoms with Gasteiger partial charge >= 0.3 is 17.1 Å².